The molecular formula is C28H30F2N6OS. The van der Waals surface area contributed by atoms with Crippen LogP contribution in [-0.4, -0.2) is 50.3 Å². The zero-order valence-corrected chi connectivity index (χ0v) is 21.9. The van der Waals surface area contributed by atoms with Crippen molar-refractivity contribution >= 4 is 38.2 Å². The van der Waals surface area contributed by atoms with Gasteiger partial charge in [0.2, 0.25) is 5.95 Å². The fourth-order valence-corrected chi connectivity index (χ4v) is 5.96. The molecule has 0 saturated carbocycles. The third-order valence-electron chi connectivity index (χ3n) is 6.44. The number of pyridine rings is 1. The number of hydrogen-bond acceptors (Lipinski definition) is 6. The normalized spacial score (nSPS) is 19.1. The Morgan fingerprint density at radius 1 is 1.13 bits per heavy atom. The molecule has 3 heterocycles. The van der Waals surface area contributed by atoms with Crippen molar-refractivity contribution < 1.29 is 13.0 Å². The van der Waals surface area contributed by atoms with Crippen molar-refractivity contribution in [1.82, 2.24) is 20.3 Å². The third-order valence-corrected chi connectivity index (χ3v) is 7.83. The highest BCUT2D eigenvalue weighted by Gasteiger charge is 2.22. The lowest BCUT2D eigenvalue weighted by molar-refractivity contribution is 0.254. The zero-order chi connectivity index (χ0) is 26.7. The van der Waals surface area contributed by atoms with E-state index in [0.717, 1.165) is 11.1 Å². The Morgan fingerprint density at radius 2 is 1.95 bits per heavy atom. The number of piperidine rings is 1. The number of anilines is 2. The molecule has 0 amide bonds. The van der Waals surface area contributed by atoms with Gasteiger partial charge in [0.25, 0.3) is 0 Å². The Morgan fingerprint density at radius 3 is 2.68 bits per heavy atom. The second-order valence-corrected chi connectivity index (χ2v) is 11.6. The van der Waals surface area contributed by atoms with Crippen LogP contribution in [0.2, 0.25) is 0 Å². The highest BCUT2D eigenvalue weighted by Crippen LogP contribution is 2.28. The molecule has 10 heteroatoms. The molecule has 0 radical (unpaired) electrons. The minimum absolute atomic E-state index is 0.0932. The lowest BCUT2D eigenvalue weighted by Gasteiger charge is -2.26. The lowest BCUT2D eigenvalue weighted by Crippen LogP contribution is -2.44. The van der Waals surface area contributed by atoms with Gasteiger partial charge in [-0.05, 0) is 41.6 Å². The molecule has 2 aromatic heterocycles. The quantitative estimate of drug-likeness (QED) is 0.282. The van der Waals surface area contributed by atoms with E-state index in [1.807, 2.05) is 43.3 Å². The number of alkyl halides is 1. The van der Waals surface area contributed by atoms with Gasteiger partial charge in [-0.1, -0.05) is 43.3 Å². The Bertz CT molecular complexity index is 1550. The second kappa shape index (κ2) is 11.0. The Balaban J connectivity index is 1.37. The average Bonchev–Trinajstić information content (AvgIpc) is 2.89. The highest BCUT2D eigenvalue weighted by molar-refractivity contribution is 8.00. The van der Waals surface area contributed by atoms with Crippen molar-refractivity contribution in [1.29, 1.82) is 0 Å². The number of halogens is 2. The fraction of sp³-hybridized carbons (Fsp3) is 0.286. The topological polar surface area (TPSA) is 91.8 Å². The maximum Gasteiger partial charge on any atom is 0.223 e. The summed E-state index contributed by atoms with van der Waals surface area (Å²) in [6.45, 7) is 3.02. The predicted octanol–water partition coefficient (Wildman–Crippen LogP) is 4.75. The number of hydrogen-bond donors (Lipinski definition) is 3. The molecule has 2 aromatic carbocycles. The molecule has 0 aliphatic carbocycles. The Labute approximate surface area is 221 Å². The second-order valence-electron chi connectivity index (χ2n) is 9.52. The van der Waals surface area contributed by atoms with Crippen LogP contribution in [0.15, 0.2) is 60.8 Å². The first-order valence-electron chi connectivity index (χ1n) is 12.5. The maximum absolute atomic E-state index is 15.1. The molecule has 0 bridgehead atoms. The minimum atomic E-state index is -2.80. The zero-order valence-electron chi connectivity index (χ0n) is 21.1. The van der Waals surface area contributed by atoms with Gasteiger partial charge in [0.05, 0.1) is 28.8 Å². The Hall–Kier alpha value is -3.63. The van der Waals surface area contributed by atoms with E-state index in [4.69, 9.17) is 0 Å². The van der Waals surface area contributed by atoms with Crippen molar-refractivity contribution in [3.05, 3.63) is 77.7 Å². The number of nitrogens with one attached hydrogen (secondary N) is 3. The first-order valence-corrected chi connectivity index (χ1v) is 14.4. The standard InChI is InChI=1S/C28H30F2N6OS/c1-3-19-12-25(34-26-16-32-28(35-27(19)26)33-22-13-21(29)14-31-15-22)20-9-10-24(23(30)11-20)36-38(2,37)17-18-7-5-4-6-8-18/h4-12,16,21-22,31H,2-3,13-15,17H2,1H3,(H,36,37)(H,32,33,35)/t21-,22-,38?/m0/s1. The molecule has 1 aliphatic heterocycles. The predicted molar refractivity (Wildman–Crippen MR) is 151 cm³/mol. The van der Waals surface area contributed by atoms with Gasteiger partial charge in [-0.2, -0.15) is 0 Å². The summed E-state index contributed by atoms with van der Waals surface area (Å²) in [6, 6.07) is 15.8. The van der Waals surface area contributed by atoms with Crippen molar-refractivity contribution in [2.24, 2.45) is 0 Å². The van der Waals surface area contributed by atoms with Crippen LogP contribution >= 0.6 is 0 Å². The molecule has 7 nitrogen and oxygen atoms in total. The van der Waals surface area contributed by atoms with Crippen LogP contribution in [-0.2, 0) is 21.9 Å². The van der Waals surface area contributed by atoms with Crippen LogP contribution in [0.3, 0.4) is 0 Å². The summed E-state index contributed by atoms with van der Waals surface area (Å²) in [6.07, 6.45) is 1.82. The van der Waals surface area contributed by atoms with Crippen molar-refractivity contribution in [2.45, 2.75) is 37.7 Å². The average molecular weight is 537 g/mol. The van der Waals surface area contributed by atoms with Crippen molar-refractivity contribution in [3.63, 3.8) is 0 Å². The van der Waals surface area contributed by atoms with Crippen molar-refractivity contribution in [3.8, 4) is 11.3 Å². The fourth-order valence-electron chi connectivity index (χ4n) is 4.60. The van der Waals surface area contributed by atoms with Crippen LogP contribution in [0, 0.1) is 5.82 Å². The molecule has 198 valence electrons. The number of fused-ring (bicyclic) bond motifs is 1. The summed E-state index contributed by atoms with van der Waals surface area (Å²) in [7, 11) is -2.80. The van der Waals surface area contributed by atoms with Gasteiger partial charge in [-0.25, -0.2) is 27.9 Å². The van der Waals surface area contributed by atoms with Gasteiger partial charge in [0, 0.05) is 40.8 Å². The van der Waals surface area contributed by atoms with E-state index in [1.54, 1.807) is 18.3 Å². The van der Waals surface area contributed by atoms with Gasteiger partial charge < -0.3 is 15.4 Å². The van der Waals surface area contributed by atoms with Gasteiger partial charge in [-0.15, -0.1) is 0 Å². The highest BCUT2D eigenvalue weighted by atomic mass is 32.2. The number of nitrogens with zero attached hydrogens (tertiary/aromatic N) is 3. The van der Waals surface area contributed by atoms with E-state index in [0.29, 0.717) is 54.2 Å². The molecule has 3 atom stereocenters. The molecule has 5 rings (SSSR count). The molecule has 1 fully saturated rings. The van der Waals surface area contributed by atoms with Crippen LogP contribution in [0.4, 0.5) is 20.4 Å². The maximum atomic E-state index is 15.1. The number of aryl methyl sites for hydroxylation is 1. The van der Waals surface area contributed by atoms with Gasteiger partial charge in [0.15, 0.2) is 0 Å². The van der Waals surface area contributed by atoms with E-state index >= 15 is 4.39 Å². The van der Waals surface area contributed by atoms with E-state index in [2.05, 4.69) is 36.2 Å². The summed E-state index contributed by atoms with van der Waals surface area (Å²) >= 11 is 0. The largest absolute Gasteiger partial charge is 0.350 e. The SMILES string of the molecule is C=S(=O)(Cc1ccccc1)Nc1ccc(-c2cc(CC)c3nc(N[C@@H]4CNC[C@@H](F)C4)ncc3n2)cc1F. The molecule has 1 unspecified atom stereocenters. The van der Waals surface area contributed by atoms with E-state index < -0.39 is 21.7 Å². The summed E-state index contributed by atoms with van der Waals surface area (Å²) in [5.74, 6) is 3.85. The molecular weight excluding hydrogens is 506 g/mol. The van der Waals surface area contributed by atoms with Crippen LogP contribution in [0.25, 0.3) is 22.3 Å². The summed E-state index contributed by atoms with van der Waals surface area (Å²) in [4.78, 5) is 13.7. The van der Waals surface area contributed by atoms with Crippen molar-refractivity contribution in [2.75, 3.05) is 23.1 Å². The molecule has 3 N–H and O–H groups in total. The van der Waals surface area contributed by atoms with Crippen LogP contribution in [0.1, 0.15) is 24.5 Å². The Kier molecular flexibility index (Phi) is 7.53. The van der Waals surface area contributed by atoms with E-state index in [1.165, 1.54) is 6.07 Å². The van der Waals surface area contributed by atoms with Gasteiger partial charge in [0.1, 0.15) is 17.5 Å². The third kappa shape index (κ3) is 6.08. The number of rotatable bonds is 8. The first-order chi connectivity index (χ1) is 18.3. The van der Waals surface area contributed by atoms with E-state index in [9.17, 15) is 8.60 Å². The van der Waals surface area contributed by atoms with Gasteiger partial charge in [-0.3, -0.25) is 0 Å². The molecule has 0 spiro atoms. The van der Waals surface area contributed by atoms with Crippen LogP contribution in [0.5, 0.6) is 0 Å². The minimum Gasteiger partial charge on any atom is -0.350 e. The first kappa shape index (κ1) is 26.0. The van der Waals surface area contributed by atoms with E-state index in [-0.39, 0.29) is 17.5 Å². The summed E-state index contributed by atoms with van der Waals surface area (Å²) < 4.78 is 44.6. The smallest absolute Gasteiger partial charge is 0.223 e. The molecule has 1 saturated heterocycles. The number of benzene rings is 2. The molecule has 38 heavy (non-hydrogen) atoms. The van der Waals surface area contributed by atoms with Gasteiger partial charge >= 0.3 is 0 Å². The monoisotopic (exact) mass is 536 g/mol. The lowest BCUT2D eigenvalue weighted by atomic mass is 10.1. The molecule has 4 aromatic rings. The summed E-state index contributed by atoms with van der Waals surface area (Å²) in [5, 5.41) is 6.27. The summed E-state index contributed by atoms with van der Waals surface area (Å²) in [5.41, 5.74) is 4.35. The van der Waals surface area contributed by atoms with Crippen LogP contribution < -0.4 is 15.4 Å². The molecule has 1 aliphatic rings. The number of aromatic nitrogens is 3.